The predicted octanol–water partition coefficient (Wildman–Crippen LogP) is -0.127. The molecular formula is C10H20N2O2. The molecule has 0 radical (unpaired) electrons. The molecule has 1 unspecified atom stereocenters. The van der Waals surface area contributed by atoms with E-state index in [0.29, 0.717) is 18.9 Å². The van der Waals surface area contributed by atoms with Crippen molar-refractivity contribution in [2.24, 2.45) is 5.92 Å². The van der Waals surface area contributed by atoms with Crippen LogP contribution in [0.3, 0.4) is 0 Å². The summed E-state index contributed by atoms with van der Waals surface area (Å²) in [6.07, 6.45) is 3.27. The van der Waals surface area contributed by atoms with E-state index < -0.39 is 0 Å². The molecule has 0 aromatic rings. The second-order valence-electron chi connectivity index (χ2n) is 3.92. The molecule has 0 saturated heterocycles. The second kappa shape index (κ2) is 5.98. The third-order valence-corrected chi connectivity index (χ3v) is 2.51. The van der Waals surface area contributed by atoms with Crippen molar-refractivity contribution in [2.75, 3.05) is 20.1 Å². The summed E-state index contributed by atoms with van der Waals surface area (Å²) in [7, 11) is 1.87. The van der Waals surface area contributed by atoms with Crippen LogP contribution < -0.4 is 10.6 Å². The van der Waals surface area contributed by atoms with Crippen LogP contribution in [0.1, 0.15) is 25.7 Å². The number of hydrogen-bond acceptors (Lipinski definition) is 3. The largest absolute Gasteiger partial charge is 0.391 e. The third-order valence-electron chi connectivity index (χ3n) is 2.51. The van der Waals surface area contributed by atoms with Gasteiger partial charge in [0, 0.05) is 13.0 Å². The molecule has 0 aliphatic heterocycles. The maximum absolute atomic E-state index is 11.2. The van der Waals surface area contributed by atoms with E-state index in [-0.39, 0.29) is 12.0 Å². The minimum atomic E-state index is -0.330. The molecule has 0 aromatic heterocycles. The average molecular weight is 200 g/mol. The molecule has 1 saturated carbocycles. The average Bonchev–Trinajstić information content (AvgIpc) is 2.98. The number of aliphatic hydroxyl groups excluding tert-OH is 1. The summed E-state index contributed by atoms with van der Waals surface area (Å²) in [5.74, 6) is 0.479. The number of carbonyl (C=O) groups excluding carboxylic acids is 1. The van der Waals surface area contributed by atoms with Crippen LogP contribution in [0.15, 0.2) is 0 Å². The summed E-state index contributed by atoms with van der Waals surface area (Å²) in [6, 6.07) is 0. The van der Waals surface area contributed by atoms with Crippen LogP contribution in [-0.2, 0) is 4.79 Å². The number of hydrogen-bond donors (Lipinski definition) is 3. The Balaban J connectivity index is 1.96. The first-order chi connectivity index (χ1) is 6.74. The highest BCUT2D eigenvalue weighted by Gasteiger charge is 2.29. The molecule has 0 aromatic carbocycles. The summed E-state index contributed by atoms with van der Waals surface area (Å²) in [4.78, 5) is 11.2. The zero-order valence-corrected chi connectivity index (χ0v) is 8.75. The zero-order chi connectivity index (χ0) is 10.4. The van der Waals surface area contributed by atoms with Crippen LogP contribution in [0.5, 0.6) is 0 Å². The lowest BCUT2D eigenvalue weighted by atomic mass is 10.2. The van der Waals surface area contributed by atoms with Gasteiger partial charge in [-0.15, -0.1) is 0 Å². The molecule has 3 N–H and O–H groups in total. The van der Waals surface area contributed by atoms with Gasteiger partial charge in [-0.05, 0) is 38.8 Å². The fourth-order valence-corrected chi connectivity index (χ4v) is 1.38. The summed E-state index contributed by atoms with van der Waals surface area (Å²) in [5, 5.41) is 15.2. The molecule has 1 rings (SSSR count). The molecule has 4 heteroatoms. The van der Waals surface area contributed by atoms with E-state index in [1.807, 2.05) is 7.05 Å². The first-order valence-electron chi connectivity index (χ1n) is 5.33. The SMILES string of the molecule is CNCCCC(=O)NCC(O)C1CC1. The van der Waals surface area contributed by atoms with E-state index >= 15 is 0 Å². The van der Waals surface area contributed by atoms with Gasteiger partial charge in [-0.25, -0.2) is 0 Å². The Kier molecular flexibility index (Phi) is 4.90. The first kappa shape index (κ1) is 11.5. The molecule has 1 atom stereocenters. The molecule has 82 valence electrons. The molecule has 0 spiro atoms. The van der Waals surface area contributed by atoms with Crippen molar-refractivity contribution >= 4 is 5.91 Å². The van der Waals surface area contributed by atoms with E-state index in [9.17, 15) is 9.90 Å². The van der Waals surface area contributed by atoms with Crippen LogP contribution in [0.2, 0.25) is 0 Å². The maximum Gasteiger partial charge on any atom is 0.220 e. The highest BCUT2D eigenvalue weighted by atomic mass is 16.3. The standard InChI is InChI=1S/C10H20N2O2/c1-11-6-2-3-10(14)12-7-9(13)8-4-5-8/h8-9,11,13H,2-7H2,1H3,(H,12,14). The Bertz CT molecular complexity index is 181. The van der Waals surface area contributed by atoms with Crippen molar-refractivity contribution in [2.45, 2.75) is 31.8 Å². The lowest BCUT2D eigenvalue weighted by Crippen LogP contribution is -2.33. The lowest BCUT2D eigenvalue weighted by molar-refractivity contribution is -0.121. The molecule has 1 fully saturated rings. The van der Waals surface area contributed by atoms with Crippen molar-refractivity contribution in [3.63, 3.8) is 0 Å². The number of carbonyl (C=O) groups is 1. The zero-order valence-electron chi connectivity index (χ0n) is 8.75. The van der Waals surface area contributed by atoms with Gasteiger partial charge in [0.25, 0.3) is 0 Å². The Morgan fingerprint density at radius 2 is 2.29 bits per heavy atom. The number of amides is 1. The molecule has 1 aliphatic rings. The van der Waals surface area contributed by atoms with Gasteiger partial charge in [-0.2, -0.15) is 0 Å². The minimum Gasteiger partial charge on any atom is -0.391 e. The molecule has 0 heterocycles. The lowest BCUT2D eigenvalue weighted by Gasteiger charge is -2.10. The van der Waals surface area contributed by atoms with Crippen molar-refractivity contribution in [3.05, 3.63) is 0 Å². The highest BCUT2D eigenvalue weighted by molar-refractivity contribution is 5.75. The molecule has 14 heavy (non-hydrogen) atoms. The highest BCUT2D eigenvalue weighted by Crippen LogP contribution is 2.32. The summed E-state index contributed by atoms with van der Waals surface area (Å²) >= 11 is 0. The maximum atomic E-state index is 11.2. The molecule has 1 aliphatic carbocycles. The van der Waals surface area contributed by atoms with Gasteiger partial charge < -0.3 is 15.7 Å². The van der Waals surface area contributed by atoms with Gasteiger partial charge >= 0.3 is 0 Å². The van der Waals surface area contributed by atoms with Crippen LogP contribution in [0, 0.1) is 5.92 Å². The van der Waals surface area contributed by atoms with Gasteiger partial charge in [0.1, 0.15) is 0 Å². The van der Waals surface area contributed by atoms with Gasteiger partial charge in [0.2, 0.25) is 5.91 Å². The van der Waals surface area contributed by atoms with Crippen LogP contribution in [0.4, 0.5) is 0 Å². The minimum absolute atomic E-state index is 0.0416. The van der Waals surface area contributed by atoms with Gasteiger partial charge in [0.05, 0.1) is 6.10 Å². The topological polar surface area (TPSA) is 61.4 Å². The Labute approximate surface area is 85.1 Å². The summed E-state index contributed by atoms with van der Waals surface area (Å²) in [6.45, 7) is 1.28. The molecule has 1 amide bonds. The predicted molar refractivity (Wildman–Crippen MR) is 54.9 cm³/mol. The van der Waals surface area contributed by atoms with Crippen molar-refractivity contribution < 1.29 is 9.90 Å². The monoisotopic (exact) mass is 200 g/mol. The number of rotatable bonds is 7. The van der Waals surface area contributed by atoms with Crippen molar-refractivity contribution in [1.29, 1.82) is 0 Å². The number of nitrogens with one attached hydrogen (secondary N) is 2. The van der Waals surface area contributed by atoms with Gasteiger partial charge in [-0.3, -0.25) is 4.79 Å². The normalized spacial score (nSPS) is 17.9. The Morgan fingerprint density at radius 1 is 1.57 bits per heavy atom. The fraction of sp³-hybridized carbons (Fsp3) is 0.900. The van der Waals surface area contributed by atoms with Crippen LogP contribution in [-0.4, -0.2) is 37.3 Å². The second-order valence-corrected chi connectivity index (χ2v) is 3.92. The van der Waals surface area contributed by atoms with Crippen molar-refractivity contribution in [1.82, 2.24) is 10.6 Å². The van der Waals surface area contributed by atoms with E-state index in [4.69, 9.17) is 0 Å². The number of aliphatic hydroxyl groups is 1. The molecule has 4 nitrogen and oxygen atoms in total. The third kappa shape index (κ3) is 4.58. The van der Waals surface area contributed by atoms with Gasteiger partial charge in [-0.1, -0.05) is 0 Å². The van der Waals surface area contributed by atoms with E-state index in [1.165, 1.54) is 0 Å². The fourth-order valence-electron chi connectivity index (χ4n) is 1.38. The smallest absolute Gasteiger partial charge is 0.220 e. The quantitative estimate of drug-likeness (QED) is 0.502. The summed E-state index contributed by atoms with van der Waals surface area (Å²) in [5.41, 5.74) is 0. The Hall–Kier alpha value is -0.610. The van der Waals surface area contributed by atoms with Gasteiger partial charge in [0.15, 0.2) is 0 Å². The summed E-state index contributed by atoms with van der Waals surface area (Å²) < 4.78 is 0. The van der Waals surface area contributed by atoms with Crippen LogP contribution >= 0.6 is 0 Å². The van der Waals surface area contributed by atoms with Crippen LogP contribution in [0.25, 0.3) is 0 Å². The van der Waals surface area contributed by atoms with E-state index in [2.05, 4.69) is 10.6 Å². The molecular weight excluding hydrogens is 180 g/mol. The van der Waals surface area contributed by atoms with E-state index in [1.54, 1.807) is 0 Å². The van der Waals surface area contributed by atoms with E-state index in [0.717, 1.165) is 25.8 Å². The molecule has 0 bridgehead atoms. The van der Waals surface area contributed by atoms with Crippen molar-refractivity contribution in [3.8, 4) is 0 Å². The Morgan fingerprint density at radius 3 is 2.86 bits per heavy atom. The first-order valence-corrected chi connectivity index (χ1v) is 5.33.